The van der Waals surface area contributed by atoms with Crippen molar-refractivity contribution in [2.75, 3.05) is 11.9 Å². The third-order valence-electron chi connectivity index (χ3n) is 4.48. The maximum absolute atomic E-state index is 5.62. The van der Waals surface area contributed by atoms with Crippen molar-refractivity contribution >= 4 is 11.5 Å². The minimum Gasteiger partial charge on any atom is -0.448 e. The summed E-state index contributed by atoms with van der Waals surface area (Å²) in [6, 6.07) is 11.9. The molecule has 0 saturated heterocycles. The van der Waals surface area contributed by atoms with Crippen molar-refractivity contribution < 1.29 is 4.42 Å². The van der Waals surface area contributed by atoms with Gasteiger partial charge < -0.3 is 9.32 Å². The van der Waals surface area contributed by atoms with E-state index < -0.39 is 0 Å². The van der Waals surface area contributed by atoms with Crippen molar-refractivity contribution in [3.8, 4) is 0 Å². The van der Waals surface area contributed by atoms with Crippen LogP contribution in [0.4, 0.5) is 11.5 Å². The molecule has 4 rings (SSSR count). The van der Waals surface area contributed by atoms with Gasteiger partial charge in [0.05, 0.1) is 24.0 Å². The summed E-state index contributed by atoms with van der Waals surface area (Å²) in [6.45, 7) is 0. The van der Waals surface area contributed by atoms with Gasteiger partial charge in [0.1, 0.15) is 12.1 Å². The predicted molar refractivity (Wildman–Crippen MR) is 103 cm³/mol. The van der Waals surface area contributed by atoms with E-state index in [2.05, 4.69) is 26.0 Å². The highest BCUT2D eigenvalue weighted by Gasteiger charge is 2.22. The summed E-state index contributed by atoms with van der Waals surface area (Å²) in [7, 11) is 1.99. The molecule has 0 N–H and O–H groups in total. The second kappa shape index (κ2) is 7.78. The fourth-order valence-corrected chi connectivity index (χ4v) is 3.12. The first-order valence-corrected chi connectivity index (χ1v) is 8.70. The number of hydrogen-bond donors (Lipinski definition) is 0. The molecule has 0 saturated carbocycles. The average molecular weight is 357 g/mol. The van der Waals surface area contributed by atoms with Crippen LogP contribution in [0.25, 0.3) is 0 Å². The Morgan fingerprint density at radius 3 is 2.44 bits per heavy atom. The number of pyridine rings is 3. The second-order valence-corrected chi connectivity index (χ2v) is 6.17. The molecule has 0 radical (unpaired) electrons. The molecule has 0 aromatic carbocycles. The summed E-state index contributed by atoms with van der Waals surface area (Å²) in [5.74, 6) is 1.51. The van der Waals surface area contributed by atoms with E-state index in [0.717, 1.165) is 22.6 Å². The van der Waals surface area contributed by atoms with Crippen LogP contribution in [0, 0.1) is 0 Å². The van der Waals surface area contributed by atoms with Crippen molar-refractivity contribution in [3.63, 3.8) is 0 Å². The molecule has 27 heavy (non-hydrogen) atoms. The number of oxazole rings is 1. The van der Waals surface area contributed by atoms with Crippen LogP contribution in [-0.2, 0) is 6.42 Å². The molecule has 1 atom stereocenters. The Kier molecular flexibility index (Phi) is 4.87. The molecule has 0 bridgehead atoms. The number of nitrogens with zero attached hydrogens (tertiary/aromatic N) is 5. The van der Waals surface area contributed by atoms with Gasteiger partial charge in [-0.25, -0.2) is 9.97 Å². The first-order chi connectivity index (χ1) is 13.3. The molecule has 0 amide bonds. The molecule has 0 spiro atoms. The average Bonchev–Trinajstić information content (AvgIpc) is 3.27. The molecular formula is C21H19N5O. The molecule has 4 aromatic rings. The Morgan fingerprint density at radius 2 is 1.74 bits per heavy atom. The van der Waals surface area contributed by atoms with Crippen LogP contribution in [0.5, 0.6) is 0 Å². The Hall–Kier alpha value is -3.54. The van der Waals surface area contributed by atoms with Gasteiger partial charge in [-0.15, -0.1) is 0 Å². The number of hydrogen-bond acceptors (Lipinski definition) is 6. The lowest BCUT2D eigenvalue weighted by Crippen LogP contribution is -2.15. The molecule has 1 unspecified atom stereocenters. The topological polar surface area (TPSA) is 67.9 Å². The number of rotatable bonds is 6. The van der Waals surface area contributed by atoms with E-state index in [0.29, 0.717) is 12.3 Å². The van der Waals surface area contributed by atoms with Crippen molar-refractivity contribution in [2.24, 2.45) is 0 Å². The maximum atomic E-state index is 5.62. The lowest BCUT2D eigenvalue weighted by molar-refractivity contribution is 0.467. The highest BCUT2D eigenvalue weighted by Crippen LogP contribution is 2.31. The molecule has 6 nitrogen and oxygen atoms in total. The summed E-state index contributed by atoms with van der Waals surface area (Å²) >= 11 is 0. The van der Waals surface area contributed by atoms with Gasteiger partial charge >= 0.3 is 0 Å². The van der Waals surface area contributed by atoms with E-state index in [9.17, 15) is 0 Å². The van der Waals surface area contributed by atoms with Gasteiger partial charge in [0.2, 0.25) is 5.89 Å². The Bertz CT molecular complexity index is 974. The molecule has 6 heteroatoms. The van der Waals surface area contributed by atoms with E-state index >= 15 is 0 Å². The monoisotopic (exact) mass is 357 g/mol. The second-order valence-electron chi connectivity index (χ2n) is 6.17. The minimum absolute atomic E-state index is 0.0426. The Balaban J connectivity index is 1.71. The third-order valence-corrected chi connectivity index (χ3v) is 4.48. The maximum Gasteiger partial charge on any atom is 0.201 e. The first kappa shape index (κ1) is 16.9. The van der Waals surface area contributed by atoms with E-state index in [1.54, 1.807) is 31.1 Å². The lowest BCUT2D eigenvalue weighted by Gasteiger charge is -2.22. The summed E-state index contributed by atoms with van der Waals surface area (Å²) in [4.78, 5) is 19.5. The van der Waals surface area contributed by atoms with Crippen molar-refractivity contribution in [3.05, 3.63) is 96.9 Å². The molecule has 4 heterocycles. The zero-order valence-corrected chi connectivity index (χ0v) is 14.9. The zero-order valence-electron chi connectivity index (χ0n) is 14.9. The van der Waals surface area contributed by atoms with Gasteiger partial charge in [-0.2, -0.15) is 0 Å². The highest BCUT2D eigenvalue weighted by molar-refractivity contribution is 5.61. The summed E-state index contributed by atoms with van der Waals surface area (Å²) in [5.41, 5.74) is 3.13. The normalized spacial score (nSPS) is 11.9. The van der Waals surface area contributed by atoms with Crippen molar-refractivity contribution in [1.29, 1.82) is 0 Å². The molecule has 0 aliphatic carbocycles. The van der Waals surface area contributed by atoms with E-state index in [1.807, 2.05) is 54.7 Å². The van der Waals surface area contributed by atoms with Crippen LogP contribution in [0.3, 0.4) is 0 Å². The van der Waals surface area contributed by atoms with Crippen LogP contribution in [-0.4, -0.2) is 27.0 Å². The number of aromatic nitrogens is 4. The lowest BCUT2D eigenvalue weighted by atomic mass is 9.93. The van der Waals surface area contributed by atoms with Gasteiger partial charge in [0.15, 0.2) is 0 Å². The fourth-order valence-electron chi connectivity index (χ4n) is 3.12. The summed E-state index contributed by atoms with van der Waals surface area (Å²) in [5, 5.41) is 0. The standard InChI is InChI=1S/C21H19N5O/c1-26(18-7-4-9-23-15-18)20-16(5-3-10-24-20)13-19(21-25-11-12-27-21)17-6-2-8-22-14-17/h2-12,14-15,19H,13H2,1H3. The predicted octanol–water partition coefficient (Wildman–Crippen LogP) is 4.00. The van der Waals surface area contributed by atoms with Crippen molar-refractivity contribution in [1.82, 2.24) is 19.9 Å². The van der Waals surface area contributed by atoms with E-state index in [4.69, 9.17) is 4.42 Å². The van der Waals surface area contributed by atoms with Crippen LogP contribution < -0.4 is 4.90 Å². The molecule has 0 aliphatic heterocycles. The molecule has 0 fully saturated rings. The van der Waals surface area contributed by atoms with Gasteiger partial charge in [-0.3, -0.25) is 9.97 Å². The molecular weight excluding hydrogens is 338 g/mol. The van der Waals surface area contributed by atoms with E-state index in [1.165, 1.54) is 0 Å². The first-order valence-electron chi connectivity index (χ1n) is 8.70. The van der Waals surface area contributed by atoms with Gasteiger partial charge in [0, 0.05) is 31.8 Å². The zero-order chi connectivity index (χ0) is 18.5. The van der Waals surface area contributed by atoms with Crippen LogP contribution >= 0.6 is 0 Å². The quantitative estimate of drug-likeness (QED) is 0.519. The number of anilines is 2. The van der Waals surface area contributed by atoms with Crippen LogP contribution in [0.15, 0.2) is 84.3 Å². The minimum atomic E-state index is -0.0426. The molecule has 4 aromatic heterocycles. The van der Waals surface area contributed by atoms with Gasteiger partial charge in [-0.1, -0.05) is 12.1 Å². The van der Waals surface area contributed by atoms with Gasteiger partial charge in [-0.05, 0) is 41.8 Å². The van der Waals surface area contributed by atoms with Gasteiger partial charge in [0.25, 0.3) is 0 Å². The summed E-state index contributed by atoms with van der Waals surface area (Å²) < 4.78 is 5.62. The van der Waals surface area contributed by atoms with Crippen molar-refractivity contribution in [2.45, 2.75) is 12.3 Å². The fraction of sp³-hybridized carbons (Fsp3) is 0.143. The largest absolute Gasteiger partial charge is 0.448 e. The smallest absolute Gasteiger partial charge is 0.201 e. The highest BCUT2D eigenvalue weighted by atomic mass is 16.3. The van der Waals surface area contributed by atoms with Crippen LogP contribution in [0.2, 0.25) is 0 Å². The summed E-state index contributed by atoms with van der Waals surface area (Å²) in [6.07, 6.45) is 13.0. The Labute approximate surface area is 157 Å². The van der Waals surface area contributed by atoms with Crippen LogP contribution in [0.1, 0.15) is 22.9 Å². The third kappa shape index (κ3) is 3.69. The van der Waals surface area contributed by atoms with E-state index in [-0.39, 0.29) is 5.92 Å². The SMILES string of the molecule is CN(c1cccnc1)c1ncccc1CC(c1cccnc1)c1ncco1. The Morgan fingerprint density at radius 1 is 0.926 bits per heavy atom. The molecule has 134 valence electrons. The molecule has 0 aliphatic rings.